The Morgan fingerprint density at radius 1 is 1.17 bits per heavy atom. The number of alkyl halides is 3. The maximum Gasteiger partial charge on any atom is 0.319 e. The highest BCUT2D eigenvalue weighted by Crippen LogP contribution is 2.55. The van der Waals surface area contributed by atoms with Crippen LogP contribution >= 0.6 is 0 Å². The molecule has 2 aromatic carbocycles. The van der Waals surface area contributed by atoms with E-state index in [-0.39, 0.29) is 72.4 Å². The summed E-state index contributed by atoms with van der Waals surface area (Å²) in [6, 6.07) is 1.44. The number of hydrogen-bond donors (Lipinski definition) is 1. The molecule has 3 saturated heterocycles. The first-order valence-corrected chi connectivity index (χ1v) is 15.1. The van der Waals surface area contributed by atoms with Gasteiger partial charge >= 0.3 is 6.01 Å². The summed E-state index contributed by atoms with van der Waals surface area (Å²) in [5.74, 6) is -6.13. The number of hydrogen-bond acceptors (Lipinski definition) is 8. The van der Waals surface area contributed by atoms with Crippen LogP contribution in [0.2, 0.25) is 0 Å². The van der Waals surface area contributed by atoms with Crippen LogP contribution < -0.4 is 15.4 Å². The minimum absolute atomic E-state index is 0.0145. The van der Waals surface area contributed by atoms with Crippen LogP contribution in [0.5, 0.6) is 6.01 Å². The lowest BCUT2D eigenvalue weighted by molar-refractivity contribution is 0.0492. The maximum absolute atomic E-state index is 16.9. The molecule has 2 N–H and O–H groups in total. The molecule has 2 aromatic heterocycles. The number of aromatic nitrogens is 3. The summed E-state index contributed by atoms with van der Waals surface area (Å²) < 4.78 is 120. The Labute approximate surface area is 267 Å². The summed E-state index contributed by atoms with van der Waals surface area (Å²) >= 11 is 0. The molecule has 47 heavy (non-hydrogen) atoms. The van der Waals surface area contributed by atoms with E-state index < -0.39 is 76.4 Å². The Hall–Kier alpha value is -4.35. The fourth-order valence-corrected chi connectivity index (χ4v) is 7.46. The number of terminal acetylenes is 1. The molecule has 0 spiro atoms. The van der Waals surface area contributed by atoms with E-state index in [0.29, 0.717) is 13.0 Å². The molecule has 3 aliphatic heterocycles. The SMILES string of the molecule is [2H]C([2H])(Oc1nc(N2CCOC[C@H]3[C@@H]2C3(F)F)c2cnc(-c3cc(N)cc4cc(F)c(F)c(C#C)c34)c(F)c2n1)[C@@]12CCCN1C[C@H](F)C2. The Morgan fingerprint density at radius 2 is 2.00 bits per heavy atom. The van der Waals surface area contributed by atoms with E-state index >= 15 is 4.39 Å². The second-order valence-corrected chi connectivity index (χ2v) is 12.5. The van der Waals surface area contributed by atoms with Gasteiger partial charge in [0.15, 0.2) is 17.5 Å². The van der Waals surface area contributed by atoms with Crippen LogP contribution in [0.25, 0.3) is 32.9 Å². The summed E-state index contributed by atoms with van der Waals surface area (Å²) in [6.45, 7) is -2.36. The largest absolute Gasteiger partial charge is 0.461 e. The highest BCUT2D eigenvalue weighted by atomic mass is 19.3. The van der Waals surface area contributed by atoms with Crippen molar-refractivity contribution < 1.29 is 38.6 Å². The lowest BCUT2D eigenvalue weighted by atomic mass is 9.95. The van der Waals surface area contributed by atoms with Crippen molar-refractivity contribution in [1.29, 1.82) is 0 Å². The molecule has 0 unspecified atom stereocenters. The Balaban J connectivity index is 1.34. The van der Waals surface area contributed by atoms with Gasteiger partial charge in [0.2, 0.25) is 0 Å². The first-order valence-electron chi connectivity index (χ1n) is 16.1. The lowest BCUT2D eigenvalue weighted by Crippen LogP contribution is -2.43. The number of rotatable bonds is 5. The number of nitrogen functional groups attached to an aromatic ring is 1. The van der Waals surface area contributed by atoms with Crippen LogP contribution in [0.15, 0.2) is 24.4 Å². The number of nitrogens with zero attached hydrogens (tertiary/aromatic N) is 5. The molecule has 8 nitrogen and oxygen atoms in total. The quantitative estimate of drug-likeness (QED) is 0.177. The molecule has 14 heteroatoms. The third-order valence-corrected chi connectivity index (χ3v) is 9.67. The van der Waals surface area contributed by atoms with Crippen LogP contribution in [0.1, 0.15) is 27.6 Å². The van der Waals surface area contributed by atoms with E-state index in [1.807, 2.05) is 0 Å². The van der Waals surface area contributed by atoms with E-state index in [0.717, 1.165) is 12.3 Å². The van der Waals surface area contributed by atoms with Gasteiger partial charge in [0.25, 0.3) is 5.92 Å². The zero-order valence-corrected chi connectivity index (χ0v) is 24.7. The molecule has 0 bridgehead atoms. The molecule has 5 heterocycles. The van der Waals surface area contributed by atoms with Gasteiger partial charge in [0.1, 0.15) is 35.8 Å². The molecule has 0 amide bonds. The summed E-state index contributed by atoms with van der Waals surface area (Å²) in [6.07, 6.45) is 6.11. The summed E-state index contributed by atoms with van der Waals surface area (Å²) in [7, 11) is 0. The average Bonchev–Trinajstić information content (AvgIpc) is 3.22. The molecule has 0 radical (unpaired) electrons. The normalized spacial score (nSPS) is 27.6. The zero-order valence-electron chi connectivity index (χ0n) is 26.7. The number of halogens is 6. The molecular weight excluding hydrogens is 626 g/mol. The van der Waals surface area contributed by atoms with Crippen molar-refractivity contribution in [3.05, 3.63) is 47.4 Å². The van der Waals surface area contributed by atoms with Crippen molar-refractivity contribution in [2.24, 2.45) is 5.92 Å². The molecule has 4 atom stereocenters. The Morgan fingerprint density at radius 3 is 2.81 bits per heavy atom. The van der Waals surface area contributed by atoms with Crippen LogP contribution in [-0.2, 0) is 4.74 Å². The monoisotopic (exact) mass is 656 g/mol. The summed E-state index contributed by atoms with van der Waals surface area (Å²) in [5.41, 5.74) is 3.24. The number of nitrogens with two attached hydrogens (primary N) is 1. The fraction of sp³-hybridized carbons (Fsp3) is 0.424. The fourth-order valence-electron chi connectivity index (χ4n) is 7.46. The summed E-state index contributed by atoms with van der Waals surface area (Å²) in [4.78, 5) is 15.8. The van der Waals surface area contributed by atoms with Crippen LogP contribution in [0.4, 0.5) is 37.8 Å². The molecular formula is C33H28F6N6O2. The van der Waals surface area contributed by atoms with Gasteiger partial charge in [-0.3, -0.25) is 9.88 Å². The van der Waals surface area contributed by atoms with Crippen molar-refractivity contribution >= 4 is 33.2 Å². The second-order valence-electron chi connectivity index (χ2n) is 12.5. The minimum Gasteiger partial charge on any atom is -0.461 e. The minimum atomic E-state index is -3.16. The number of anilines is 2. The Kier molecular flexibility index (Phi) is 6.24. The predicted molar refractivity (Wildman–Crippen MR) is 161 cm³/mol. The van der Waals surface area contributed by atoms with Gasteiger partial charge in [0.05, 0.1) is 38.4 Å². The molecule has 1 saturated carbocycles. The van der Waals surface area contributed by atoms with Gasteiger partial charge in [-0.25, -0.2) is 26.3 Å². The van der Waals surface area contributed by atoms with E-state index in [9.17, 15) is 22.0 Å². The van der Waals surface area contributed by atoms with Gasteiger partial charge in [0, 0.05) is 42.3 Å². The standard InChI is InChI=1S/C33H28F6N6O2/c1-2-19-24-16(9-23(35)25(19)36)8-18(40)10-20(24)27-26(37)28-21(12-41-27)30(45-6-7-46-14-22-29(45)33(22,38)39)43-31(42-28)47-15-32-4-3-5-44(32)13-17(34)11-32/h1,8-10,12,17,22,29H,3-7,11,13-15,40H2/t17-,22+,29-,32+/m1/s1/i15D2. The first kappa shape index (κ1) is 27.7. The lowest BCUT2D eigenvalue weighted by Gasteiger charge is -2.31. The van der Waals surface area contributed by atoms with Gasteiger partial charge in [-0.2, -0.15) is 9.97 Å². The van der Waals surface area contributed by atoms with E-state index in [2.05, 4.69) is 20.9 Å². The van der Waals surface area contributed by atoms with Crippen LogP contribution in [0.3, 0.4) is 0 Å². The summed E-state index contributed by atoms with van der Waals surface area (Å²) in [5, 5.41) is -0.0973. The average molecular weight is 657 g/mol. The van der Waals surface area contributed by atoms with E-state index in [1.54, 1.807) is 4.90 Å². The second kappa shape index (κ2) is 10.6. The zero-order chi connectivity index (χ0) is 34.6. The van der Waals surface area contributed by atoms with Gasteiger partial charge in [-0.15, -0.1) is 6.42 Å². The van der Waals surface area contributed by atoms with Crippen molar-refractivity contribution in [1.82, 2.24) is 19.9 Å². The number of benzene rings is 2. The van der Waals surface area contributed by atoms with Crippen LogP contribution in [-0.4, -0.2) is 82.9 Å². The highest BCUT2D eigenvalue weighted by Gasteiger charge is 2.71. The van der Waals surface area contributed by atoms with Crippen molar-refractivity contribution in [3.63, 3.8) is 0 Å². The van der Waals surface area contributed by atoms with Crippen molar-refractivity contribution in [2.45, 2.75) is 42.9 Å². The van der Waals surface area contributed by atoms with Crippen molar-refractivity contribution in [2.75, 3.05) is 50.0 Å². The molecule has 4 fully saturated rings. The van der Waals surface area contributed by atoms with E-state index in [1.165, 1.54) is 17.0 Å². The number of fused-ring (bicyclic) bond motifs is 4. The van der Waals surface area contributed by atoms with Gasteiger partial charge in [-0.1, -0.05) is 5.92 Å². The highest BCUT2D eigenvalue weighted by molar-refractivity contribution is 6.04. The molecule has 4 aliphatic rings. The number of pyridine rings is 1. The third kappa shape index (κ3) is 4.57. The Bertz CT molecular complexity index is 2100. The van der Waals surface area contributed by atoms with Gasteiger partial charge in [-0.05, 0) is 43.0 Å². The maximum atomic E-state index is 16.9. The topological polar surface area (TPSA) is 89.6 Å². The predicted octanol–water partition coefficient (Wildman–Crippen LogP) is 5.25. The van der Waals surface area contributed by atoms with Gasteiger partial charge < -0.3 is 20.1 Å². The molecule has 4 aromatic rings. The van der Waals surface area contributed by atoms with E-state index in [4.69, 9.17) is 24.4 Å². The van der Waals surface area contributed by atoms with Crippen LogP contribution in [0, 0.1) is 35.7 Å². The molecule has 244 valence electrons. The molecule has 8 rings (SSSR count). The number of ether oxygens (including phenoxy) is 2. The first-order chi connectivity index (χ1) is 23.3. The smallest absolute Gasteiger partial charge is 0.319 e. The molecule has 1 aliphatic carbocycles. The third-order valence-electron chi connectivity index (χ3n) is 9.67. The van der Waals surface area contributed by atoms with Crippen molar-refractivity contribution in [3.8, 4) is 29.6 Å².